The van der Waals surface area contributed by atoms with Gasteiger partial charge in [0, 0.05) is 10.9 Å². The van der Waals surface area contributed by atoms with Gasteiger partial charge in [-0.15, -0.1) is 11.3 Å². The number of carbonyl (C=O) groups is 2. The molecule has 4 aromatic rings. The van der Waals surface area contributed by atoms with Gasteiger partial charge < -0.3 is 4.74 Å². The number of carbonyl (C=O) groups excluding carboxylic acids is 2. The molecule has 34 heavy (non-hydrogen) atoms. The van der Waals surface area contributed by atoms with Gasteiger partial charge >= 0.3 is 0 Å². The molecule has 0 aliphatic rings. The zero-order valence-electron chi connectivity index (χ0n) is 18.8. The minimum atomic E-state index is -0.480. The molecule has 6 nitrogen and oxygen atoms in total. The SMILES string of the molecule is CCCc1ccccc1C(=O)NNC(=O)c1csc(-c2ccccc2OCc2ccccc2)n1. The summed E-state index contributed by atoms with van der Waals surface area (Å²) in [6.07, 6.45) is 1.72. The summed E-state index contributed by atoms with van der Waals surface area (Å²) < 4.78 is 6.02. The molecule has 2 N–H and O–H groups in total. The van der Waals surface area contributed by atoms with Crippen LogP contribution < -0.4 is 15.6 Å². The first-order valence-corrected chi connectivity index (χ1v) is 11.9. The first-order chi connectivity index (χ1) is 16.7. The second kappa shape index (κ2) is 11.2. The van der Waals surface area contributed by atoms with Crippen LogP contribution in [0.1, 0.15) is 45.3 Å². The van der Waals surface area contributed by atoms with E-state index in [4.69, 9.17) is 4.74 Å². The van der Waals surface area contributed by atoms with Gasteiger partial charge in [0.2, 0.25) is 0 Å². The number of nitrogens with zero attached hydrogens (tertiary/aromatic N) is 1. The molecule has 0 fully saturated rings. The van der Waals surface area contributed by atoms with Crippen molar-refractivity contribution in [2.24, 2.45) is 0 Å². The van der Waals surface area contributed by atoms with E-state index < -0.39 is 5.91 Å². The lowest BCUT2D eigenvalue weighted by molar-refractivity contribution is 0.0844. The number of nitrogens with one attached hydrogen (secondary N) is 2. The molecule has 0 aliphatic heterocycles. The number of aryl methyl sites for hydroxylation is 1. The molecular weight excluding hydrogens is 446 g/mol. The standard InChI is InChI=1S/C27H25N3O3S/c1-2-10-20-13-6-7-14-21(20)25(31)29-30-26(32)23-18-34-27(28-23)22-15-8-9-16-24(22)33-17-19-11-4-3-5-12-19/h3-9,11-16,18H,2,10,17H2,1H3,(H,29,31)(H,30,32). The molecule has 1 heterocycles. The normalized spacial score (nSPS) is 10.5. The number of thiazole rings is 1. The number of benzene rings is 3. The third-order valence-corrected chi connectivity index (χ3v) is 6.04. The molecular formula is C27H25N3O3S. The third kappa shape index (κ3) is 5.68. The fourth-order valence-electron chi connectivity index (χ4n) is 3.48. The summed E-state index contributed by atoms with van der Waals surface area (Å²) in [6, 6.07) is 24.9. The van der Waals surface area contributed by atoms with Crippen molar-refractivity contribution < 1.29 is 14.3 Å². The number of hydrazine groups is 1. The summed E-state index contributed by atoms with van der Waals surface area (Å²) >= 11 is 1.34. The Hall–Kier alpha value is -3.97. The topological polar surface area (TPSA) is 80.3 Å². The van der Waals surface area contributed by atoms with Crippen LogP contribution in [0.25, 0.3) is 10.6 Å². The zero-order valence-corrected chi connectivity index (χ0v) is 19.6. The number of hydrogen-bond donors (Lipinski definition) is 2. The molecule has 0 radical (unpaired) electrons. The molecule has 4 rings (SSSR count). The number of para-hydroxylation sites is 1. The van der Waals surface area contributed by atoms with E-state index in [1.807, 2.05) is 66.7 Å². The highest BCUT2D eigenvalue weighted by molar-refractivity contribution is 7.13. The van der Waals surface area contributed by atoms with Gasteiger partial charge in [-0.25, -0.2) is 4.98 Å². The smallest absolute Gasteiger partial charge is 0.289 e. The van der Waals surface area contributed by atoms with Crippen LogP contribution in [0.2, 0.25) is 0 Å². The van der Waals surface area contributed by atoms with E-state index in [0.717, 1.165) is 29.5 Å². The predicted octanol–water partition coefficient (Wildman–Crippen LogP) is 5.42. The van der Waals surface area contributed by atoms with Gasteiger partial charge in [-0.3, -0.25) is 20.4 Å². The molecule has 172 valence electrons. The Morgan fingerprint density at radius 1 is 0.882 bits per heavy atom. The van der Waals surface area contributed by atoms with Gasteiger partial charge in [0.15, 0.2) is 0 Å². The highest BCUT2D eigenvalue weighted by atomic mass is 32.1. The van der Waals surface area contributed by atoms with Crippen molar-refractivity contribution in [2.45, 2.75) is 26.4 Å². The molecule has 1 aromatic heterocycles. The Labute approximate surface area is 202 Å². The minimum absolute atomic E-state index is 0.222. The van der Waals surface area contributed by atoms with E-state index >= 15 is 0 Å². The van der Waals surface area contributed by atoms with Crippen molar-refractivity contribution >= 4 is 23.2 Å². The lowest BCUT2D eigenvalue weighted by atomic mass is 10.0. The Bertz CT molecular complexity index is 1270. The van der Waals surface area contributed by atoms with Crippen LogP contribution in [-0.2, 0) is 13.0 Å². The van der Waals surface area contributed by atoms with Crippen molar-refractivity contribution in [3.63, 3.8) is 0 Å². The minimum Gasteiger partial charge on any atom is -0.488 e. The lowest BCUT2D eigenvalue weighted by Gasteiger charge is -2.10. The molecule has 0 unspecified atom stereocenters. The maximum atomic E-state index is 12.6. The molecule has 2 amide bonds. The number of rotatable bonds is 8. The fraction of sp³-hybridized carbons (Fsp3) is 0.148. The molecule has 0 saturated heterocycles. The predicted molar refractivity (Wildman–Crippen MR) is 134 cm³/mol. The van der Waals surface area contributed by atoms with Gasteiger partial charge in [-0.05, 0) is 35.7 Å². The fourth-order valence-corrected chi connectivity index (χ4v) is 4.31. The summed E-state index contributed by atoms with van der Waals surface area (Å²) in [5.41, 5.74) is 8.55. The van der Waals surface area contributed by atoms with E-state index in [2.05, 4.69) is 22.8 Å². The summed E-state index contributed by atoms with van der Waals surface area (Å²) in [5.74, 6) is -0.146. The summed E-state index contributed by atoms with van der Waals surface area (Å²) in [7, 11) is 0. The second-order valence-corrected chi connectivity index (χ2v) is 8.48. The number of aromatic nitrogens is 1. The number of ether oxygens (including phenoxy) is 1. The zero-order chi connectivity index (χ0) is 23.8. The van der Waals surface area contributed by atoms with Crippen molar-refractivity contribution in [3.05, 3.63) is 107 Å². The molecule has 0 aliphatic carbocycles. The maximum Gasteiger partial charge on any atom is 0.289 e. The number of hydrogen-bond acceptors (Lipinski definition) is 5. The van der Waals surface area contributed by atoms with Gasteiger partial charge in [-0.2, -0.15) is 0 Å². The van der Waals surface area contributed by atoms with Crippen LogP contribution >= 0.6 is 11.3 Å². The number of amides is 2. The van der Waals surface area contributed by atoms with Gasteiger partial charge in [0.05, 0.1) is 5.56 Å². The summed E-state index contributed by atoms with van der Waals surface area (Å²) in [4.78, 5) is 29.7. The molecule has 0 spiro atoms. The molecule has 0 bridgehead atoms. The van der Waals surface area contributed by atoms with Crippen molar-refractivity contribution in [2.75, 3.05) is 0 Å². The highest BCUT2D eigenvalue weighted by Crippen LogP contribution is 2.32. The average Bonchev–Trinajstić information content (AvgIpc) is 3.37. The van der Waals surface area contributed by atoms with Gasteiger partial charge in [-0.1, -0.05) is 74.0 Å². The van der Waals surface area contributed by atoms with Crippen molar-refractivity contribution in [1.29, 1.82) is 0 Å². The highest BCUT2D eigenvalue weighted by Gasteiger charge is 2.16. The van der Waals surface area contributed by atoms with E-state index in [1.165, 1.54) is 11.3 Å². The van der Waals surface area contributed by atoms with Crippen LogP contribution in [0, 0.1) is 0 Å². The van der Waals surface area contributed by atoms with Gasteiger partial charge in [0.1, 0.15) is 23.1 Å². The largest absolute Gasteiger partial charge is 0.488 e. The van der Waals surface area contributed by atoms with E-state index in [0.29, 0.717) is 22.9 Å². The van der Waals surface area contributed by atoms with Crippen LogP contribution in [0.15, 0.2) is 84.2 Å². The monoisotopic (exact) mass is 471 g/mol. The van der Waals surface area contributed by atoms with E-state index in [1.54, 1.807) is 17.5 Å². The average molecular weight is 472 g/mol. The molecule has 0 saturated carbocycles. The first-order valence-electron chi connectivity index (χ1n) is 11.1. The van der Waals surface area contributed by atoms with Crippen molar-refractivity contribution in [3.8, 4) is 16.3 Å². The van der Waals surface area contributed by atoms with Gasteiger partial charge in [0.25, 0.3) is 11.8 Å². The lowest BCUT2D eigenvalue weighted by Crippen LogP contribution is -2.42. The van der Waals surface area contributed by atoms with Crippen LogP contribution in [0.5, 0.6) is 5.75 Å². The molecule has 7 heteroatoms. The second-order valence-electron chi connectivity index (χ2n) is 7.62. The van der Waals surface area contributed by atoms with E-state index in [9.17, 15) is 9.59 Å². The Balaban J connectivity index is 1.42. The third-order valence-electron chi connectivity index (χ3n) is 5.16. The Morgan fingerprint density at radius 3 is 2.41 bits per heavy atom. The van der Waals surface area contributed by atoms with Crippen molar-refractivity contribution in [1.82, 2.24) is 15.8 Å². The van der Waals surface area contributed by atoms with Crippen LogP contribution in [0.4, 0.5) is 0 Å². The quantitative estimate of drug-likeness (QED) is 0.337. The summed E-state index contributed by atoms with van der Waals surface area (Å²) in [5, 5.41) is 2.32. The van der Waals surface area contributed by atoms with Crippen LogP contribution in [-0.4, -0.2) is 16.8 Å². The first kappa shape index (κ1) is 23.2. The molecule has 0 atom stereocenters. The Kier molecular flexibility index (Phi) is 7.67. The molecule has 3 aromatic carbocycles. The van der Waals surface area contributed by atoms with Crippen LogP contribution in [0.3, 0.4) is 0 Å². The van der Waals surface area contributed by atoms with E-state index in [-0.39, 0.29) is 11.6 Å². The maximum absolute atomic E-state index is 12.6. The Morgan fingerprint density at radius 2 is 1.59 bits per heavy atom. The summed E-state index contributed by atoms with van der Waals surface area (Å²) in [6.45, 7) is 2.49.